The highest BCUT2D eigenvalue weighted by Crippen LogP contribution is 2.08. The standard InChI is InChI=1S/C10H21BO/c1-5-10(6-2)9-12-11(7-3)8-4/h9H,5-8H2,1-4H3. The Balaban J connectivity index is 3.81. The molecule has 0 N–H and O–H groups in total. The molecule has 0 fully saturated rings. The van der Waals surface area contributed by atoms with Gasteiger partial charge in [-0.3, -0.25) is 0 Å². The van der Waals surface area contributed by atoms with Gasteiger partial charge in [0.2, 0.25) is 0 Å². The summed E-state index contributed by atoms with van der Waals surface area (Å²) in [4.78, 5) is 0. The molecule has 0 radical (unpaired) electrons. The van der Waals surface area contributed by atoms with Crippen LogP contribution in [0.2, 0.25) is 12.6 Å². The van der Waals surface area contributed by atoms with Crippen LogP contribution < -0.4 is 0 Å². The largest absolute Gasteiger partial charge is 0.566 e. The summed E-state index contributed by atoms with van der Waals surface area (Å²) in [6.45, 7) is 9.09. The Morgan fingerprint density at radius 1 is 1.08 bits per heavy atom. The molecule has 0 aromatic heterocycles. The first-order valence-electron chi connectivity index (χ1n) is 5.11. The summed E-state index contributed by atoms with van der Waals surface area (Å²) in [5.41, 5.74) is 1.40. The molecule has 0 amide bonds. The highest BCUT2D eigenvalue weighted by molar-refractivity contribution is 6.51. The van der Waals surface area contributed by atoms with Crippen LogP contribution in [-0.4, -0.2) is 6.92 Å². The molecule has 0 atom stereocenters. The van der Waals surface area contributed by atoms with E-state index in [1.807, 2.05) is 6.26 Å². The van der Waals surface area contributed by atoms with Crippen LogP contribution in [-0.2, 0) is 4.65 Å². The van der Waals surface area contributed by atoms with E-state index in [0.717, 1.165) is 25.5 Å². The number of rotatable bonds is 6. The molecule has 0 saturated heterocycles. The smallest absolute Gasteiger partial charge is 0.356 e. The fourth-order valence-electron chi connectivity index (χ4n) is 1.09. The molecule has 0 unspecified atom stereocenters. The Hall–Kier alpha value is -0.395. The van der Waals surface area contributed by atoms with Crippen LogP contribution in [0.5, 0.6) is 0 Å². The van der Waals surface area contributed by atoms with Crippen molar-refractivity contribution in [2.45, 2.75) is 53.2 Å². The first-order valence-corrected chi connectivity index (χ1v) is 5.11. The third kappa shape index (κ3) is 4.48. The van der Waals surface area contributed by atoms with E-state index in [0.29, 0.717) is 6.92 Å². The van der Waals surface area contributed by atoms with E-state index in [4.69, 9.17) is 4.65 Å². The van der Waals surface area contributed by atoms with Gasteiger partial charge in [-0.25, -0.2) is 0 Å². The van der Waals surface area contributed by atoms with E-state index in [-0.39, 0.29) is 0 Å². The van der Waals surface area contributed by atoms with Gasteiger partial charge < -0.3 is 4.65 Å². The van der Waals surface area contributed by atoms with Crippen LogP contribution in [0.1, 0.15) is 40.5 Å². The van der Waals surface area contributed by atoms with Gasteiger partial charge >= 0.3 is 6.92 Å². The second-order valence-electron chi connectivity index (χ2n) is 3.06. The Morgan fingerprint density at radius 2 is 1.58 bits per heavy atom. The summed E-state index contributed by atoms with van der Waals surface area (Å²) in [7, 11) is 0. The van der Waals surface area contributed by atoms with Gasteiger partial charge in [0.15, 0.2) is 0 Å². The SMILES string of the molecule is CCB(CC)OC=C(CC)CC. The van der Waals surface area contributed by atoms with Crippen molar-refractivity contribution in [3.05, 3.63) is 11.8 Å². The minimum Gasteiger partial charge on any atom is -0.566 e. The average Bonchev–Trinajstić information content (AvgIpc) is 2.13. The van der Waals surface area contributed by atoms with Crippen LogP contribution >= 0.6 is 0 Å². The quantitative estimate of drug-likeness (QED) is 0.433. The third-order valence-corrected chi connectivity index (χ3v) is 2.25. The van der Waals surface area contributed by atoms with Crippen molar-refractivity contribution in [3.8, 4) is 0 Å². The van der Waals surface area contributed by atoms with Crippen LogP contribution in [0.25, 0.3) is 0 Å². The Labute approximate surface area is 77.3 Å². The number of hydrogen-bond acceptors (Lipinski definition) is 1. The van der Waals surface area contributed by atoms with E-state index < -0.39 is 0 Å². The zero-order valence-electron chi connectivity index (χ0n) is 8.89. The van der Waals surface area contributed by atoms with Crippen LogP contribution in [0, 0.1) is 0 Å². The Bertz CT molecular complexity index is 122. The molecule has 0 bridgehead atoms. The first-order chi connectivity index (χ1) is 5.78. The van der Waals surface area contributed by atoms with Gasteiger partial charge in [0.05, 0.1) is 6.26 Å². The fourth-order valence-corrected chi connectivity index (χ4v) is 1.09. The molecule has 0 heterocycles. The lowest BCUT2D eigenvalue weighted by molar-refractivity contribution is 0.478. The molecule has 0 rings (SSSR count). The molecule has 0 aromatic rings. The molecule has 0 aromatic carbocycles. The van der Waals surface area contributed by atoms with Gasteiger partial charge in [0.1, 0.15) is 0 Å². The fraction of sp³-hybridized carbons (Fsp3) is 0.800. The minimum absolute atomic E-state index is 0.415. The van der Waals surface area contributed by atoms with Crippen molar-refractivity contribution >= 4 is 6.92 Å². The minimum atomic E-state index is 0.415. The van der Waals surface area contributed by atoms with E-state index in [9.17, 15) is 0 Å². The van der Waals surface area contributed by atoms with Crippen molar-refractivity contribution in [2.75, 3.05) is 0 Å². The first kappa shape index (κ1) is 11.6. The normalized spacial score (nSPS) is 9.33. The van der Waals surface area contributed by atoms with Gasteiger partial charge in [-0.15, -0.1) is 0 Å². The van der Waals surface area contributed by atoms with Crippen LogP contribution in [0.3, 0.4) is 0 Å². The predicted octanol–water partition coefficient (Wildman–Crippen LogP) is 3.74. The second-order valence-corrected chi connectivity index (χ2v) is 3.06. The maximum absolute atomic E-state index is 5.62. The molecule has 2 heteroatoms. The van der Waals surface area contributed by atoms with Crippen LogP contribution in [0.4, 0.5) is 0 Å². The monoisotopic (exact) mass is 168 g/mol. The molecule has 1 nitrogen and oxygen atoms in total. The lowest BCUT2D eigenvalue weighted by atomic mass is 9.63. The average molecular weight is 168 g/mol. The summed E-state index contributed by atoms with van der Waals surface area (Å²) in [5, 5.41) is 0. The molecular formula is C10H21BO. The van der Waals surface area contributed by atoms with Crippen molar-refractivity contribution in [2.24, 2.45) is 0 Å². The van der Waals surface area contributed by atoms with Gasteiger partial charge in [0, 0.05) is 0 Å². The zero-order chi connectivity index (χ0) is 9.40. The summed E-state index contributed by atoms with van der Waals surface area (Å²) < 4.78 is 5.62. The van der Waals surface area contributed by atoms with E-state index in [1.54, 1.807) is 0 Å². The highest BCUT2D eigenvalue weighted by Gasteiger charge is 2.08. The summed E-state index contributed by atoms with van der Waals surface area (Å²) in [6, 6.07) is 0. The summed E-state index contributed by atoms with van der Waals surface area (Å²) in [5.74, 6) is 0. The topological polar surface area (TPSA) is 9.23 Å². The predicted molar refractivity (Wildman–Crippen MR) is 56.5 cm³/mol. The van der Waals surface area contributed by atoms with Crippen molar-refractivity contribution < 1.29 is 4.65 Å². The highest BCUT2D eigenvalue weighted by atomic mass is 16.4. The number of hydrogen-bond donors (Lipinski definition) is 0. The maximum atomic E-state index is 5.62. The Morgan fingerprint density at radius 3 is 1.92 bits per heavy atom. The maximum Gasteiger partial charge on any atom is 0.356 e. The number of allylic oxidation sites excluding steroid dienone is 1. The van der Waals surface area contributed by atoms with E-state index in [1.165, 1.54) is 5.57 Å². The van der Waals surface area contributed by atoms with Gasteiger partial charge in [0.25, 0.3) is 0 Å². The van der Waals surface area contributed by atoms with Crippen LogP contribution in [0.15, 0.2) is 11.8 Å². The van der Waals surface area contributed by atoms with Crippen molar-refractivity contribution in [1.82, 2.24) is 0 Å². The molecule has 0 aliphatic carbocycles. The molecule has 0 aliphatic heterocycles. The van der Waals surface area contributed by atoms with E-state index in [2.05, 4.69) is 27.7 Å². The summed E-state index contributed by atoms with van der Waals surface area (Å²) in [6.07, 6.45) is 6.38. The second kappa shape index (κ2) is 7.26. The molecule has 0 saturated carbocycles. The van der Waals surface area contributed by atoms with Crippen molar-refractivity contribution in [1.29, 1.82) is 0 Å². The molecule has 12 heavy (non-hydrogen) atoms. The third-order valence-electron chi connectivity index (χ3n) is 2.25. The molecule has 0 aliphatic rings. The molecule has 70 valence electrons. The molecule has 0 spiro atoms. The lowest BCUT2D eigenvalue weighted by Gasteiger charge is -2.09. The van der Waals surface area contributed by atoms with Gasteiger partial charge in [-0.1, -0.05) is 27.7 Å². The van der Waals surface area contributed by atoms with Gasteiger partial charge in [-0.2, -0.15) is 0 Å². The molecular weight excluding hydrogens is 147 g/mol. The van der Waals surface area contributed by atoms with Crippen molar-refractivity contribution in [3.63, 3.8) is 0 Å². The Kier molecular flexibility index (Phi) is 7.03. The van der Waals surface area contributed by atoms with Gasteiger partial charge in [-0.05, 0) is 31.1 Å². The lowest BCUT2D eigenvalue weighted by Crippen LogP contribution is -2.11. The summed E-state index contributed by atoms with van der Waals surface area (Å²) >= 11 is 0. The van der Waals surface area contributed by atoms with E-state index >= 15 is 0 Å². The zero-order valence-corrected chi connectivity index (χ0v) is 8.89.